The third-order valence-electron chi connectivity index (χ3n) is 9.79. The summed E-state index contributed by atoms with van der Waals surface area (Å²) in [6.45, 7) is 0. The second-order valence-corrected chi connectivity index (χ2v) is 12.7. The minimum atomic E-state index is -0.313. The lowest BCUT2D eigenvalue weighted by molar-refractivity contribution is 0.661. The van der Waals surface area contributed by atoms with E-state index in [2.05, 4.69) is 178 Å². The van der Waals surface area contributed by atoms with Crippen molar-refractivity contribution in [3.63, 3.8) is 0 Å². The number of benzene rings is 7. The fourth-order valence-electron chi connectivity index (χ4n) is 7.53. The summed E-state index contributed by atoms with van der Waals surface area (Å²) in [5.41, 5.74) is 10.1. The summed E-state index contributed by atoms with van der Waals surface area (Å²) in [6.07, 6.45) is -0.313. The summed E-state index contributed by atoms with van der Waals surface area (Å²) >= 11 is 0. The molecule has 1 atom stereocenters. The fraction of sp³-hybridized carbons (Fsp3) is 0.0222. The van der Waals surface area contributed by atoms with Crippen molar-refractivity contribution in [3.8, 4) is 16.8 Å². The molecule has 0 saturated heterocycles. The third kappa shape index (κ3) is 4.48. The van der Waals surface area contributed by atoms with Crippen LogP contribution in [0, 0.1) is 0 Å². The zero-order valence-electron chi connectivity index (χ0n) is 27.1. The molecule has 1 aliphatic rings. The predicted octanol–water partition coefficient (Wildman–Crippen LogP) is 10.5. The quantitative estimate of drug-likeness (QED) is 0.204. The van der Waals surface area contributed by atoms with Crippen molar-refractivity contribution in [2.24, 2.45) is 9.98 Å². The molecule has 7 aromatic carbocycles. The van der Waals surface area contributed by atoms with Crippen molar-refractivity contribution in [2.45, 2.75) is 6.17 Å². The van der Waals surface area contributed by atoms with Crippen LogP contribution in [0.4, 0.5) is 0 Å². The van der Waals surface area contributed by atoms with Crippen LogP contribution in [0.15, 0.2) is 186 Å². The molecule has 0 aliphatic carbocycles. The number of nitrogens with one attached hydrogen (secondary N) is 1. The molecule has 0 fully saturated rings. The zero-order chi connectivity index (χ0) is 33.0. The van der Waals surface area contributed by atoms with Gasteiger partial charge in [-0.1, -0.05) is 140 Å². The Morgan fingerprint density at radius 3 is 1.58 bits per heavy atom. The molecule has 10 rings (SSSR count). The van der Waals surface area contributed by atoms with Crippen LogP contribution in [0.3, 0.4) is 0 Å². The van der Waals surface area contributed by atoms with E-state index in [9.17, 15) is 0 Å². The van der Waals surface area contributed by atoms with E-state index in [-0.39, 0.29) is 6.17 Å². The Kier molecular flexibility index (Phi) is 6.49. The van der Waals surface area contributed by atoms with Crippen molar-refractivity contribution in [2.75, 3.05) is 0 Å². The molecular formula is C45H31N5. The monoisotopic (exact) mass is 641 g/mol. The van der Waals surface area contributed by atoms with E-state index in [1.165, 1.54) is 38.1 Å². The Morgan fingerprint density at radius 1 is 0.420 bits per heavy atom. The zero-order valence-corrected chi connectivity index (χ0v) is 27.1. The normalized spacial score (nSPS) is 14.6. The second kappa shape index (κ2) is 11.5. The molecule has 0 radical (unpaired) electrons. The van der Waals surface area contributed by atoms with Gasteiger partial charge in [0.05, 0.1) is 22.1 Å². The molecular weight excluding hydrogens is 611 g/mol. The summed E-state index contributed by atoms with van der Waals surface area (Å²) < 4.78 is 4.66. The van der Waals surface area contributed by atoms with Gasteiger partial charge in [0.1, 0.15) is 6.17 Å². The first-order valence-electron chi connectivity index (χ1n) is 17.0. The van der Waals surface area contributed by atoms with Gasteiger partial charge in [0.2, 0.25) is 5.96 Å². The Hall–Kier alpha value is -6.72. The van der Waals surface area contributed by atoms with Gasteiger partial charge in [-0.15, -0.1) is 0 Å². The molecule has 2 aromatic heterocycles. The summed E-state index contributed by atoms with van der Waals surface area (Å²) in [7, 11) is 0. The first kappa shape index (κ1) is 28.3. The van der Waals surface area contributed by atoms with Gasteiger partial charge in [-0.3, -0.25) is 4.57 Å². The van der Waals surface area contributed by atoms with Crippen LogP contribution in [-0.4, -0.2) is 20.9 Å². The van der Waals surface area contributed by atoms with E-state index >= 15 is 0 Å². The lowest BCUT2D eigenvalue weighted by atomic mass is 10.0. The highest BCUT2D eigenvalue weighted by Gasteiger charge is 2.26. The minimum absolute atomic E-state index is 0.313. The van der Waals surface area contributed by atoms with Gasteiger partial charge in [0.25, 0.3) is 0 Å². The number of hydrogen-bond donors (Lipinski definition) is 1. The molecule has 5 nitrogen and oxygen atoms in total. The molecule has 50 heavy (non-hydrogen) atoms. The summed E-state index contributed by atoms with van der Waals surface area (Å²) in [6, 6.07) is 61.9. The molecule has 1 N–H and O–H groups in total. The standard InChI is InChI=1S/C45H31N5/c1-4-14-30(15-5-1)31-24-26-33(27-25-31)44-46-43(32-16-6-2-7-17-32)47-45(48-44)50-38-23-13-11-21-36(38)42-40(50)29-28-39-41(42)35-20-10-12-22-37(35)49(39)34-18-8-3-9-19-34/h1-29,43H,(H,46,47,48). The molecule has 0 bridgehead atoms. The van der Waals surface area contributed by atoms with Crippen molar-refractivity contribution in [1.82, 2.24) is 14.5 Å². The van der Waals surface area contributed by atoms with Crippen molar-refractivity contribution in [1.29, 1.82) is 0 Å². The topological polar surface area (TPSA) is 46.6 Å². The first-order valence-corrected chi connectivity index (χ1v) is 17.0. The second-order valence-electron chi connectivity index (χ2n) is 12.7. The van der Waals surface area contributed by atoms with E-state index in [4.69, 9.17) is 9.98 Å². The molecule has 1 aliphatic heterocycles. The number of hydrogen-bond acceptors (Lipinski definition) is 3. The smallest absolute Gasteiger partial charge is 0.211 e. The lowest BCUT2D eigenvalue weighted by Gasteiger charge is -2.24. The van der Waals surface area contributed by atoms with E-state index in [1.54, 1.807) is 0 Å². The maximum absolute atomic E-state index is 5.28. The number of fused-ring (bicyclic) bond motifs is 7. The molecule has 5 heteroatoms. The summed E-state index contributed by atoms with van der Waals surface area (Å²) in [4.78, 5) is 10.5. The summed E-state index contributed by atoms with van der Waals surface area (Å²) in [5, 5.41) is 8.58. The van der Waals surface area contributed by atoms with Crippen LogP contribution in [-0.2, 0) is 0 Å². The highest BCUT2D eigenvalue weighted by Crippen LogP contribution is 2.41. The van der Waals surface area contributed by atoms with Gasteiger partial charge < -0.3 is 9.88 Å². The number of nitrogens with zero attached hydrogens (tertiary/aromatic N) is 4. The molecule has 9 aromatic rings. The van der Waals surface area contributed by atoms with Crippen LogP contribution in [0.25, 0.3) is 60.4 Å². The number of amidine groups is 1. The van der Waals surface area contributed by atoms with Gasteiger partial charge in [-0.05, 0) is 53.1 Å². The van der Waals surface area contributed by atoms with E-state index in [1.807, 2.05) is 12.1 Å². The molecule has 3 heterocycles. The van der Waals surface area contributed by atoms with Gasteiger partial charge in [0, 0.05) is 32.8 Å². The van der Waals surface area contributed by atoms with Gasteiger partial charge >= 0.3 is 0 Å². The van der Waals surface area contributed by atoms with Gasteiger partial charge in [-0.25, -0.2) is 4.99 Å². The maximum Gasteiger partial charge on any atom is 0.211 e. The molecule has 0 saturated carbocycles. The maximum atomic E-state index is 5.28. The fourth-order valence-corrected chi connectivity index (χ4v) is 7.53. The number of aliphatic imine (C=N–C) groups is 2. The van der Waals surface area contributed by atoms with Crippen LogP contribution in [0.2, 0.25) is 0 Å². The Morgan fingerprint density at radius 2 is 0.920 bits per heavy atom. The minimum Gasteiger partial charge on any atom is -0.330 e. The van der Waals surface area contributed by atoms with Crippen molar-refractivity contribution in [3.05, 3.63) is 187 Å². The summed E-state index contributed by atoms with van der Waals surface area (Å²) in [5.74, 6) is 1.44. The van der Waals surface area contributed by atoms with Crippen LogP contribution in [0.1, 0.15) is 17.3 Å². The Balaban J connectivity index is 1.21. The average molecular weight is 642 g/mol. The molecule has 0 amide bonds. The Bertz CT molecular complexity index is 2760. The third-order valence-corrected chi connectivity index (χ3v) is 9.79. The largest absolute Gasteiger partial charge is 0.330 e. The highest BCUT2D eigenvalue weighted by molar-refractivity contribution is 6.30. The number of aromatic nitrogens is 2. The predicted molar refractivity (Wildman–Crippen MR) is 207 cm³/mol. The highest BCUT2D eigenvalue weighted by atomic mass is 15.3. The van der Waals surface area contributed by atoms with Crippen LogP contribution < -0.4 is 5.32 Å². The van der Waals surface area contributed by atoms with Gasteiger partial charge in [-0.2, -0.15) is 4.99 Å². The average Bonchev–Trinajstić information content (AvgIpc) is 3.72. The number of para-hydroxylation sites is 3. The molecule has 1 unspecified atom stereocenters. The molecule has 236 valence electrons. The SMILES string of the molecule is c1ccc(-c2ccc(C3=NC(c4ccccc4)NC(n4c5ccccc5c5c6c7ccccc7n(-c7ccccc7)c6ccc54)=N3)cc2)cc1. The van der Waals surface area contributed by atoms with Crippen molar-refractivity contribution < 1.29 is 0 Å². The molecule has 0 spiro atoms. The van der Waals surface area contributed by atoms with E-state index in [0.717, 1.165) is 39.4 Å². The van der Waals surface area contributed by atoms with Crippen molar-refractivity contribution >= 4 is 55.4 Å². The van der Waals surface area contributed by atoms with Crippen LogP contribution in [0.5, 0.6) is 0 Å². The Labute approximate surface area is 289 Å². The van der Waals surface area contributed by atoms with Gasteiger partial charge in [0.15, 0.2) is 5.84 Å². The van der Waals surface area contributed by atoms with Crippen LogP contribution >= 0.6 is 0 Å². The number of rotatable bonds is 4. The lowest BCUT2D eigenvalue weighted by Crippen LogP contribution is -2.37. The van der Waals surface area contributed by atoms with E-state index < -0.39 is 0 Å². The van der Waals surface area contributed by atoms with E-state index in [0.29, 0.717) is 5.84 Å². The first-order chi connectivity index (χ1) is 24.8.